The second-order valence-electron chi connectivity index (χ2n) is 7.90. The van der Waals surface area contributed by atoms with E-state index in [4.69, 9.17) is 14.2 Å². The van der Waals surface area contributed by atoms with Gasteiger partial charge in [-0.05, 0) is 25.1 Å². The molecule has 3 aliphatic rings. The summed E-state index contributed by atoms with van der Waals surface area (Å²) in [6.45, 7) is 4.27. The van der Waals surface area contributed by atoms with Crippen LogP contribution in [0.15, 0.2) is 18.2 Å². The average Bonchev–Trinajstić information content (AvgIpc) is 3.26. The van der Waals surface area contributed by atoms with Crippen LogP contribution in [0.2, 0.25) is 0 Å². The smallest absolute Gasteiger partial charge is 0.414 e. The zero-order chi connectivity index (χ0) is 21.5. The molecule has 4 atom stereocenters. The topological polar surface area (TPSA) is 80.3 Å². The van der Waals surface area contributed by atoms with Crippen LogP contribution in [0.4, 0.5) is 25.0 Å². The van der Waals surface area contributed by atoms with Crippen LogP contribution in [0.1, 0.15) is 20.3 Å². The predicted molar refractivity (Wildman–Crippen MR) is 104 cm³/mol. The molecule has 0 bridgehead atoms. The number of nitrogens with zero attached hydrogens (tertiary/aromatic N) is 2. The zero-order valence-corrected chi connectivity index (χ0v) is 16.9. The Kier molecular flexibility index (Phi) is 5.54. The molecule has 4 rings (SSSR count). The first-order chi connectivity index (χ1) is 14.3. The van der Waals surface area contributed by atoms with E-state index in [1.165, 1.54) is 24.0 Å². The van der Waals surface area contributed by atoms with Crippen molar-refractivity contribution in [3.8, 4) is 0 Å². The first kappa shape index (κ1) is 20.8. The molecule has 0 aromatic heterocycles. The van der Waals surface area contributed by atoms with E-state index in [9.17, 15) is 18.4 Å². The van der Waals surface area contributed by atoms with Gasteiger partial charge in [0.25, 0.3) is 0 Å². The molecule has 3 aliphatic heterocycles. The second-order valence-corrected chi connectivity index (χ2v) is 7.90. The lowest BCUT2D eigenvalue weighted by Gasteiger charge is -2.41. The lowest BCUT2D eigenvalue weighted by Crippen LogP contribution is -2.54. The Bertz CT molecular complexity index is 841. The van der Waals surface area contributed by atoms with Gasteiger partial charge in [0.1, 0.15) is 11.9 Å². The van der Waals surface area contributed by atoms with E-state index in [0.29, 0.717) is 25.3 Å². The van der Waals surface area contributed by atoms with Crippen molar-refractivity contribution >= 4 is 23.4 Å². The number of benzene rings is 1. The number of ether oxygens (including phenoxy) is 3. The van der Waals surface area contributed by atoms with E-state index in [-0.39, 0.29) is 37.3 Å². The molecule has 0 aliphatic carbocycles. The molecule has 1 aromatic rings. The third-order valence-electron chi connectivity index (χ3n) is 5.59. The number of carbonyl (C=O) groups is 2. The van der Waals surface area contributed by atoms with Gasteiger partial charge in [-0.25, -0.2) is 13.6 Å². The Morgan fingerprint density at radius 2 is 2.17 bits per heavy atom. The van der Waals surface area contributed by atoms with Crippen molar-refractivity contribution in [1.82, 2.24) is 5.32 Å². The van der Waals surface area contributed by atoms with E-state index < -0.39 is 30.0 Å². The average molecular weight is 425 g/mol. The van der Waals surface area contributed by atoms with Crippen molar-refractivity contribution in [2.75, 3.05) is 42.6 Å². The highest BCUT2D eigenvalue weighted by Crippen LogP contribution is 2.38. The van der Waals surface area contributed by atoms with Gasteiger partial charge >= 0.3 is 6.09 Å². The van der Waals surface area contributed by atoms with Crippen LogP contribution in [-0.2, 0) is 19.0 Å². The number of hydrogen-bond acceptors (Lipinski definition) is 6. The molecule has 1 spiro atoms. The van der Waals surface area contributed by atoms with Crippen molar-refractivity contribution in [2.45, 2.75) is 44.4 Å². The number of rotatable bonds is 4. The Morgan fingerprint density at radius 1 is 1.37 bits per heavy atom. The van der Waals surface area contributed by atoms with Crippen LogP contribution in [0, 0.1) is 5.82 Å². The standard InChI is InChI=1S/C20H25F2N3O5/c1-12-11-28-20(30-12)5-6-24(10-18(20)22)17-4-3-14(7-16(17)21)25-9-15(29-19(25)27)8-23-13(2)26/h3-4,7,12,15,18H,5-6,8-11H2,1-2H3,(H,23,26). The molecule has 3 heterocycles. The van der Waals surface area contributed by atoms with Crippen molar-refractivity contribution in [3.05, 3.63) is 24.0 Å². The molecule has 3 fully saturated rings. The van der Waals surface area contributed by atoms with Gasteiger partial charge in [-0.15, -0.1) is 0 Å². The van der Waals surface area contributed by atoms with Crippen molar-refractivity contribution in [3.63, 3.8) is 0 Å². The van der Waals surface area contributed by atoms with Crippen molar-refractivity contribution in [1.29, 1.82) is 0 Å². The number of amides is 2. The van der Waals surface area contributed by atoms with Crippen molar-refractivity contribution < 1.29 is 32.6 Å². The molecule has 3 saturated heterocycles. The first-order valence-corrected chi connectivity index (χ1v) is 10.0. The summed E-state index contributed by atoms with van der Waals surface area (Å²) in [5, 5.41) is 2.59. The van der Waals surface area contributed by atoms with Gasteiger partial charge in [-0.3, -0.25) is 9.69 Å². The molecular formula is C20H25F2N3O5. The maximum absolute atomic E-state index is 14.9. The normalized spacial score (nSPS) is 31.3. The van der Waals surface area contributed by atoms with Gasteiger partial charge in [0.2, 0.25) is 11.7 Å². The SMILES string of the molecule is CC(=O)NCC1CN(c2ccc(N3CCC4(OCC(C)O4)C(F)C3)c(F)c2)C(=O)O1. The van der Waals surface area contributed by atoms with E-state index >= 15 is 0 Å². The number of hydrogen-bond donors (Lipinski definition) is 1. The third-order valence-corrected chi connectivity index (χ3v) is 5.59. The van der Waals surface area contributed by atoms with Crippen LogP contribution in [-0.4, -0.2) is 69.0 Å². The fraction of sp³-hybridized carbons (Fsp3) is 0.600. The molecule has 0 saturated carbocycles. The molecule has 1 aromatic carbocycles. The fourth-order valence-electron chi connectivity index (χ4n) is 4.07. The molecule has 164 valence electrons. The Hall–Kier alpha value is -2.46. The van der Waals surface area contributed by atoms with E-state index in [1.807, 2.05) is 6.92 Å². The number of anilines is 2. The molecular weight excluding hydrogens is 400 g/mol. The summed E-state index contributed by atoms with van der Waals surface area (Å²) in [4.78, 5) is 26.1. The predicted octanol–water partition coefficient (Wildman–Crippen LogP) is 1.97. The quantitative estimate of drug-likeness (QED) is 0.795. The molecule has 8 nitrogen and oxygen atoms in total. The van der Waals surface area contributed by atoms with Gasteiger partial charge in [-0.1, -0.05) is 0 Å². The Balaban J connectivity index is 1.43. The number of cyclic esters (lactones) is 1. The lowest BCUT2D eigenvalue weighted by molar-refractivity contribution is -0.215. The Labute approximate surface area is 173 Å². The van der Waals surface area contributed by atoms with Gasteiger partial charge in [0, 0.05) is 19.9 Å². The van der Waals surface area contributed by atoms with Gasteiger partial charge in [0.05, 0.1) is 43.7 Å². The second kappa shape index (κ2) is 7.99. The summed E-state index contributed by atoms with van der Waals surface area (Å²) in [6.07, 6.45) is -2.39. The van der Waals surface area contributed by atoms with Crippen LogP contribution < -0.4 is 15.1 Å². The van der Waals surface area contributed by atoms with Crippen LogP contribution in [0.5, 0.6) is 0 Å². The molecule has 2 amide bonds. The number of carbonyl (C=O) groups excluding carboxylic acids is 2. The fourth-order valence-corrected chi connectivity index (χ4v) is 4.07. The highest BCUT2D eigenvalue weighted by molar-refractivity contribution is 5.90. The molecule has 4 unspecified atom stereocenters. The zero-order valence-electron chi connectivity index (χ0n) is 16.9. The number of halogens is 2. The molecule has 0 radical (unpaired) electrons. The third kappa shape index (κ3) is 3.93. The van der Waals surface area contributed by atoms with Crippen LogP contribution >= 0.6 is 0 Å². The number of alkyl halides is 1. The maximum atomic E-state index is 14.9. The molecule has 10 heteroatoms. The van der Waals surface area contributed by atoms with Crippen LogP contribution in [0.25, 0.3) is 0 Å². The minimum absolute atomic E-state index is 0.0481. The maximum Gasteiger partial charge on any atom is 0.414 e. The minimum atomic E-state index is -1.40. The number of piperidine rings is 1. The van der Waals surface area contributed by atoms with Crippen LogP contribution in [0.3, 0.4) is 0 Å². The number of nitrogens with one attached hydrogen (secondary N) is 1. The van der Waals surface area contributed by atoms with E-state index in [2.05, 4.69) is 5.32 Å². The lowest BCUT2D eigenvalue weighted by atomic mass is 10.0. The summed E-state index contributed by atoms with van der Waals surface area (Å²) in [7, 11) is 0. The Morgan fingerprint density at radius 3 is 2.80 bits per heavy atom. The minimum Gasteiger partial charge on any atom is -0.442 e. The van der Waals surface area contributed by atoms with Crippen molar-refractivity contribution in [2.24, 2.45) is 0 Å². The summed E-state index contributed by atoms with van der Waals surface area (Å²) in [5.74, 6) is -2.03. The van der Waals surface area contributed by atoms with Gasteiger partial charge in [0.15, 0.2) is 6.17 Å². The summed E-state index contributed by atoms with van der Waals surface area (Å²) < 4.78 is 46.1. The highest BCUT2D eigenvalue weighted by atomic mass is 19.1. The van der Waals surface area contributed by atoms with E-state index in [0.717, 1.165) is 0 Å². The van der Waals surface area contributed by atoms with E-state index in [1.54, 1.807) is 11.0 Å². The summed E-state index contributed by atoms with van der Waals surface area (Å²) in [5.41, 5.74) is 0.595. The highest BCUT2D eigenvalue weighted by Gasteiger charge is 2.51. The monoisotopic (exact) mass is 425 g/mol. The first-order valence-electron chi connectivity index (χ1n) is 10.0. The summed E-state index contributed by atoms with van der Waals surface area (Å²) in [6, 6.07) is 4.37. The largest absolute Gasteiger partial charge is 0.442 e. The molecule has 1 N–H and O–H groups in total. The molecule has 30 heavy (non-hydrogen) atoms. The van der Waals surface area contributed by atoms with Gasteiger partial charge < -0.3 is 24.4 Å². The van der Waals surface area contributed by atoms with Gasteiger partial charge in [-0.2, -0.15) is 0 Å². The summed E-state index contributed by atoms with van der Waals surface area (Å²) >= 11 is 0.